The molecule has 2 aliphatic carbocycles. The second-order valence-electron chi connectivity index (χ2n) is 8.81. The van der Waals surface area contributed by atoms with E-state index in [0.29, 0.717) is 36.7 Å². The van der Waals surface area contributed by atoms with Crippen molar-refractivity contribution in [3.63, 3.8) is 0 Å². The Bertz CT molecular complexity index is 793. The topological polar surface area (TPSA) is 59.1 Å². The molecule has 3 aliphatic rings. The zero-order valence-electron chi connectivity index (χ0n) is 17.1. The van der Waals surface area contributed by atoms with Gasteiger partial charge in [-0.25, -0.2) is 8.42 Å². The van der Waals surface area contributed by atoms with Gasteiger partial charge in [0.05, 0.1) is 13.2 Å². The van der Waals surface area contributed by atoms with Crippen LogP contribution in [0.2, 0.25) is 0 Å². The Balaban J connectivity index is 1.50. The van der Waals surface area contributed by atoms with E-state index < -0.39 is 10.0 Å². The Labute approximate surface area is 168 Å². The maximum atomic E-state index is 13.3. The first kappa shape index (κ1) is 20.1. The highest BCUT2D eigenvalue weighted by Gasteiger charge is 2.47. The number of hydrogen-bond donors (Lipinski definition) is 0. The van der Waals surface area contributed by atoms with Gasteiger partial charge in [-0.3, -0.25) is 0 Å². The van der Waals surface area contributed by atoms with Gasteiger partial charge < -0.3 is 14.4 Å². The number of sulfonamides is 1. The summed E-state index contributed by atoms with van der Waals surface area (Å²) in [5, 5.41) is 0. The summed E-state index contributed by atoms with van der Waals surface area (Å²) in [5.41, 5.74) is 0. The highest BCUT2D eigenvalue weighted by molar-refractivity contribution is 7.89. The first-order chi connectivity index (χ1) is 13.4. The lowest BCUT2D eigenvalue weighted by Crippen LogP contribution is -2.48. The van der Waals surface area contributed by atoms with Gasteiger partial charge in [-0.1, -0.05) is 12.1 Å². The molecule has 0 bridgehead atoms. The number of nitrogens with zero attached hydrogens (tertiary/aromatic N) is 2. The van der Waals surface area contributed by atoms with E-state index in [1.54, 1.807) is 28.6 Å². The number of methoxy groups -OCH3 is 1. The number of para-hydroxylation sites is 1. The molecule has 0 spiro atoms. The number of likely N-dealkylation sites (N-methyl/N-ethyl adjacent to an activating group) is 1. The molecule has 0 N–H and O–H groups in total. The van der Waals surface area contributed by atoms with E-state index in [0.717, 1.165) is 25.4 Å². The minimum absolute atomic E-state index is 0.200. The molecule has 1 saturated heterocycles. The summed E-state index contributed by atoms with van der Waals surface area (Å²) in [6.07, 6.45) is 4.71. The van der Waals surface area contributed by atoms with Crippen molar-refractivity contribution < 1.29 is 17.9 Å². The molecule has 0 unspecified atom stereocenters. The molecule has 0 amide bonds. The number of benzene rings is 1. The normalized spacial score (nSPS) is 31.1. The maximum Gasteiger partial charge on any atom is 0.246 e. The lowest BCUT2D eigenvalue weighted by atomic mass is 9.77. The van der Waals surface area contributed by atoms with Gasteiger partial charge in [0.25, 0.3) is 0 Å². The van der Waals surface area contributed by atoms with Crippen molar-refractivity contribution in [1.82, 2.24) is 9.21 Å². The zero-order chi connectivity index (χ0) is 19.9. The van der Waals surface area contributed by atoms with E-state index >= 15 is 0 Å². The first-order valence-electron chi connectivity index (χ1n) is 10.3. The van der Waals surface area contributed by atoms with Gasteiger partial charge >= 0.3 is 0 Å². The summed E-state index contributed by atoms with van der Waals surface area (Å²) in [6, 6.07) is 7.25. The van der Waals surface area contributed by atoms with E-state index in [4.69, 9.17) is 9.47 Å². The van der Waals surface area contributed by atoms with E-state index in [9.17, 15) is 8.42 Å². The van der Waals surface area contributed by atoms with Crippen LogP contribution in [0.25, 0.3) is 0 Å². The quantitative estimate of drug-likeness (QED) is 0.694. The Morgan fingerprint density at radius 1 is 1.11 bits per heavy atom. The summed E-state index contributed by atoms with van der Waals surface area (Å²) in [5.74, 6) is 1.91. The molecule has 3 fully saturated rings. The maximum absolute atomic E-state index is 13.3. The average Bonchev–Trinajstić information content (AvgIpc) is 3.42. The van der Waals surface area contributed by atoms with Gasteiger partial charge in [-0.15, -0.1) is 0 Å². The first-order valence-corrected chi connectivity index (χ1v) is 11.8. The molecular formula is C21H32N2O4S. The van der Waals surface area contributed by atoms with Crippen LogP contribution in [-0.2, 0) is 14.8 Å². The summed E-state index contributed by atoms with van der Waals surface area (Å²) in [6.45, 7) is 2.02. The molecule has 4 rings (SSSR count). The largest absolute Gasteiger partial charge is 0.495 e. The van der Waals surface area contributed by atoms with E-state index in [1.165, 1.54) is 20.0 Å². The molecule has 2 saturated carbocycles. The van der Waals surface area contributed by atoms with Crippen molar-refractivity contribution in [2.24, 2.45) is 17.8 Å². The van der Waals surface area contributed by atoms with Crippen LogP contribution in [0, 0.1) is 17.8 Å². The summed E-state index contributed by atoms with van der Waals surface area (Å²) in [4.78, 5) is 2.52. The van der Waals surface area contributed by atoms with Crippen molar-refractivity contribution in [1.29, 1.82) is 0 Å². The van der Waals surface area contributed by atoms with Crippen LogP contribution in [0.15, 0.2) is 29.2 Å². The molecule has 4 atom stereocenters. The van der Waals surface area contributed by atoms with Crippen LogP contribution < -0.4 is 4.74 Å². The Kier molecular flexibility index (Phi) is 5.71. The molecule has 0 aromatic heterocycles. The smallest absolute Gasteiger partial charge is 0.246 e. The molecule has 1 heterocycles. The van der Waals surface area contributed by atoms with Crippen LogP contribution >= 0.6 is 0 Å². The number of fused-ring (bicyclic) bond motifs is 1. The van der Waals surface area contributed by atoms with E-state index in [-0.39, 0.29) is 11.0 Å². The van der Waals surface area contributed by atoms with Crippen LogP contribution in [0.1, 0.15) is 25.7 Å². The number of ether oxygens (including phenoxy) is 2. The van der Waals surface area contributed by atoms with Crippen molar-refractivity contribution in [2.75, 3.05) is 40.9 Å². The van der Waals surface area contributed by atoms with Crippen LogP contribution in [0.5, 0.6) is 5.75 Å². The molecule has 6 nitrogen and oxygen atoms in total. The zero-order valence-corrected chi connectivity index (χ0v) is 17.9. The molecule has 1 aliphatic heterocycles. The fraction of sp³-hybridized carbons (Fsp3) is 0.714. The second kappa shape index (κ2) is 7.94. The fourth-order valence-corrected chi connectivity index (χ4v) is 6.49. The summed E-state index contributed by atoms with van der Waals surface area (Å²) in [7, 11) is 2.17. The lowest BCUT2D eigenvalue weighted by Gasteiger charge is -2.41. The number of rotatable bonds is 7. The van der Waals surface area contributed by atoms with Crippen LogP contribution in [0.4, 0.5) is 0 Å². The summed E-state index contributed by atoms with van der Waals surface area (Å²) < 4.78 is 39.8. The van der Waals surface area contributed by atoms with Crippen molar-refractivity contribution in [2.45, 2.75) is 42.7 Å². The Hall–Kier alpha value is -1.15. The van der Waals surface area contributed by atoms with Crippen molar-refractivity contribution >= 4 is 10.0 Å². The third-order valence-corrected chi connectivity index (χ3v) is 8.52. The number of hydrogen-bond acceptors (Lipinski definition) is 5. The minimum Gasteiger partial charge on any atom is -0.495 e. The predicted molar refractivity (Wildman–Crippen MR) is 108 cm³/mol. The Morgan fingerprint density at radius 2 is 1.79 bits per heavy atom. The lowest BCUT2D eigenvalue weighted by molar-refractivity contribution is -0.0493. The molecule has 156 valence electrons. The molecule has 0 radical (unpaired) electrons. The molecule has 1 aromatic rings. The standard InChI is InChI=1S/C21H32N2O4S/c1-22(2)18-10-16-12-23(13-17(16)11-20(18)27-14-15-8-9-15)28(24,25)21-7-5-4-6-19(21)26-3/h4-7,15-18,20H,8-14H2,1-3H3/t16-,17+,18-,20-/m1/s1. The SMILES string of the molecule is COc1ccccc1S(=O)(=O)N1C[C@H]2C[C@@H](N(C)C)[C@H](OCC3CC3)C[C@H]2C1. The van der Waals surface area contributed by atoms with Gasteiger partial charge in [-0.05, 0) is 69.7 Å². The Morgan fingerprint density at radius 3 is 2.43 bits per heavy atom. The molecule has 1 aromatic carbocycles. The van der Waals surface area contributed by atoms with Crippen LogP contribution in [-0.4, -0.2) is 70.7 Å². The minimum atomic E-state index is -3.56. The van der Waals surface area contributed by atoms with Gasteiger partial charge in [-0.2, -0.15) is 4.31 Å². The van der Waals surface area contributed by atoms with Gasteiger partial charge in [0.2, 0.25) is 10.0 Å². The average molecular weight is 409 g/mol. The third kappa shape index (κ3) is 3.95. The third-order valence-electron chi connectivity index (χ3n) is 6.64. The molecular weight excluding hydrogens is 376 g/mol. The van der Waals surface area contributed by atoms with Crippen molar-refractivity contribution in [3.05, 3.63) is 24.3 Å². The molecule has 28 heavy (non-hydrogen) atoms. The monoisotopic (exact) mass is 408 g/mol. The van der Waals surface area contributed by atoms with E-state index in [2.05, 4.69) is 19.0 Å². The van der Waals surface area contributed by atoms with Crippen molar-refractivity contribution in [3.8, 4) is 5.75 Å². The van der Waals surface area contributed by atoms with Gasteiger partial charge in [0.15, 0.2) is 0 Å². The highest BCUT2D eigenvalue weighted by atomic mass is 32.2. The highest BCUT2D eigenvalue weighted by Crippen LogP contribution is 2.42. The van der Waals surface area contributed by atoms with Gasteiger partial charge in [0.1, 0.15) is 10.6 Å². The summed E-state index contributed by atoms with van der Waals surface area (Å²) >= 11 is 0. The fourth-order valence-electron chi connectivity index (χ4n) is 4.78. The van der Waals surface area contributed by atoms with Gasteiger partial charge in [0, 0.05) is 25.7 Å². The van der Waals surface area contributed by atoms with E-state index in [1.807, 2.05) is 0 Å². The second-order valence-corrected chi connectivity index (χ2v) is 10.7. The van der Waals surface area contributed by atoms with Crippen LogP contribution in [0.3, 0.4) is 0 Å². The molecule has 7 heteroatoms. The predicted octanol–water partition coefficient (Wildman–Crippen LogP) is 2.45.